The van der Waals surface area contributed by atoms with E-state index in [9.17, 15) is 18.0 Å². The number of hydrogen-bond acceptors (Lipinski definition) is 3. The highest BCUT2D eigenvalue weighted by Gasteiger charge is 2.30. The summed E-state index contributed by atoms with van der Waals surface area (Å²) in [6.07, 6.45) is -3.14. The van der Waals surface area contributed by atoms with Gasteiger partial charge in [0.25, 0.3) is 0 Å². The zero-order valence-corrected chi connectivity index (χ0v) is 17.1. The van der Waals surface area contributed by atoms with E-state index in [-0.39, 0.29) is 5.69 Å². The lowest BCUT2D eigenvalue weighted by molar-refractivity contribution is -0.137. The number of benzene rings is 2. The molecule has 0 unspecified atom stereocenters. The molecule has 1 N–H and O–H groups in total. The molecule has 2 aromatic carbocycles. The molecular weight excluding hydrogens is 395 g/mol. The minimum absolute atomic E-state index is 0.0701. The van der Waals surface area contributed by atoms with Crippen molar-refractivity contribution in [1.82, 2.24) is 0 Å². The number of fused-ring (bicyclic) bond motifs is 1. The van der Waals surface area contributed by atoms with Crippen LogP contribution >= 0.6 is 0 Å². The Morgan fingerprint density at radius 3 is 2.60 bits per heavy atom. The molecule has 158 valence electrons. The van der Waals surface area contributed by atoms with Crippen molar-refractivity contribution in [2.75, 3.05) is 11.9 Å². The molecule has 3 aromatic rings. The summed E-state index contributed by atoms with van der Waals surface area (Å²) in [6.45, 7) is 7.86. The van der Waals surface area contributed by atoms with Crippen molar-refractivity contribution in [3.8, 4) is 5.75 Å². The highest BCUT2D eigenvalue weighted by molar-refractivity contribution is 6.04. The van der Waals surface area contributed by atoms with Gasteiger partial charge in [0.2, 0.25) is 5.91 Å². The first-order valence-corrected chi connectivity index (χ1v) is 9.43. The van der Waals surface area contributed by atoms with Gasteiger partial charge in [-0.15, -0.1) is 0 Å². The van der Waals surface area contributed by atoms with Crippen LogP contribution in [0.15, 0.2) is 46.9 Å². The van der Waals surface area contributed by atoms with Gasteiger partial charge in [-0.2, -0.15) is 13.2 Å². The second-order valence-electron chi connectivity index (χ2n) is 6.96. The highest BCUT2D eigenvalue weighted by Crippen LogP contribution is 2.35. The van der Waals surface area contributed by atoms with Crippen molar-refractivity contribution in [3.63, 3.8) is 0 Å². The monoisotopic (exact) mass is 417 g/mol. The quantitative estimate of drug-likeness (QED) is 0.482. The number of halogens is 3. The van der Waals surface area contributed by atoms with Crippen molar-refractivity contribution in [3.05, 3.63) is 64.9 Å². The Hall–Kier alpha value is -3.22. The smallest absolute Gasteiger partial charge is 0.416 e. The van der Waals surface area contributed by atoms with Crippen LogP contribution in [0.2, 0.25) is 0 Å². The maximum Gasteiger partial charge on any atom is 0.416 e. The molecule has 0 radical (unpaired) electrons. The van der Waals surface area contributed by atoms with Gasteiger partial charge in [0.15, 0.2) is 0 Å². The number of hydrogen-bond donors (Lipinski definition) is 1. The van der Waals surface area contributed by atoms with Crippen LogP contribution in [0.5, 0.6) is 5.75 Å². The molecule has 1 heterocycles. The molecule has 1 amide bonds. The lowest BCUT2D eigenvalue weighted by Gasteiger charge is -2.12. The molecule has 0 atom stereocenters. The minimum atomic E-state index is -4.48. The fourth-order valence-corrected chi connectivity index (χ4v) is 3.18. The van der Waals surface area contributed by atoms with Crippen LogP contribution in [0.25, 0.3) is 16.5 Å². The van der Waals surface area contributed by atoms with Crippen LogP contribution < -0.4 is 10.1 Å². The van der Waals surface area contributed by atoms with Gasteiger partial charge in [0.1, 0.15) is 17.1 Å². The van der Waals surface area contributed by atoms with E-state index in [0.29, 0.717) is 29.1 Å². The number of amides is 1. The second-order valence-corrected chi connectivity index (χ2v) is 6.96. The van der Waals surface area contributed by atoms with E-state index in [0.717, 1.165) is 28.8 Å². The minimum Gasteiger partial charge on any atom is -0.493 e. The summed E-state index contributed by atoms with van der Waals surface area (Å²) >= 11 is 0. The SMILES string of the molecule is CCOc1cc2oc(C)c(C)c2cc1/C(C)=C/C(=O)Nc1cccc(C(F)(F)F)c1. The summed E-state index contributed by atoms with van der Waals surface area (Å²) in [5, 5.41) is 3.40. The van der Waals surface area contributed by atoms with Crippen LogP contribution in [0.4, 0.5) is 18.9 Å². The molecule has 7 heteroatoms. The summed E-state index contributed by atoms with van der Waals surface area (Å²) in [6, 6.07) is 8.20. The number of anilines is 1. The van der Waals surface area contributed by atoms with Crippen molar-refractivity contribution in [2.45, 2.75) is 33.9 Å². The van der Waals surface area contributed by atoms with E-state index < -0.39 is 17.6 Å². The number of carbonyl (C=O) groups excluding carboxylic acids is 1. The van der Waals surface area contributed by atoms with Crippen molar-refractivity contribution in [1.29, 1.82) is 0 Å². The maximum atomic E-state index is 12.9. The van der Waals surface area contributed by atoms with Crippen LogP contribution in [-0.2, 0) is 11.0 Å². The van der Waals surface area contributed by atoms with Gasteiger partial charge in [-0.25, -0.2) is 0 Å². The Balaban J connectivity index is 1.92. The Labute approximate surface area is 172 Å². The molecule has 0 aliphatic heterocycles. The number of rotatable bonds is 5. The predicted molar refractivity (Wildman–Crippen MR) is 111 cm³/mol. The first-order valence-electron chi connectivity index (χ1n) is 9.43. The van der Waals surface area contributed by atoms with Crippen LogP contribution in [0.1, 0.15) is 36.3 Å². The van der Waals surface area contributed by atoms with Gasteiger partial charge in [0, 0.05) is 28.8 Å². The Morgan fingerprint density at radius 2 is 1.93 bits per heavy atom. The van der Waals surface area contributed by atoms with Gasteiger partial charge in [-0.05, 0) is 63.1 Å². The summed E-state index contributed by atoms with van der Waals surface area (Å²) in [5.41, 5.74) is 2.26. The average molecular weight is 417 g/mol. The lowest BCUT2D eigenvalue weighted by atomic mass is 10.0. The first-order chi connectivity index (χ1) is 14.1. The van der Waals surface area contributed by atoms with Crippen LogP contribution in [-0.4, -0.2) is 12.5 Å². The summed E-state index contributed by atoms with van der Waals surface area (Å²) in [4.78, 5) is 12.4. The number of aryl methyl sites for hydroxylation is 2. The fraction of sp³-hybridized carbons (Fsp3) is 0.261. The highest BCUT2D eigenvalue weighted by atomic mass is 19.4. The Kier molecular flexibility index (Phi) is 5.92. The van der Waals surface area contributed by atoms with Crippen LogP contribution in [0, 0.1) is 13.8 Å². The van der Waals surface area contributed by atoms with E-state index in [1.165, 1.54) is 18.2 Å². The fourth-order valence-electron chi connectivity index (χ4n) is 3.18. The van der Waals surface area contributed by atoms with E-state index in [1.54, 1.807) is 13.0 Å². The molecule has 0 spiro atoms. The van der Waals surface area contributed by atoms with Gasteiger partial charge in [0.05, 0.1) is 12.2 Å². The zero-order chi connectivity index (χ0) is 22.1. The molecule has 3 rings (SSSR count). The molecule has 0 saturated heterocycles. The molecule has 0 aliphatic rings. The normalized spacial score (nSPS) is 12.3. The molecule has 4 nitrogen and oxygen atoms in total. The summed E-state index contributed by atoms with van der Waals surface area (Å²) in [7, 11) is 0. The number of alkyl halides is 3. The van der Waals surface area contributed by atoms with E-state index in [2.05, 4.69) is 5.32 Å². The molecule has 0 bridgehead atoms. The number of nitrogens with one attached hydrogen (secondary N) is 1. The number of furan rings is 1. The Morgan fingerprint density at radius 1 is 1.20 bits per heavy atom. The molecule has 0 fully saturated rings. The molecular formula is C23H22F3NO3. The largest absolute Gasteiger partial charge is 0.493 e. The van der Waals surface area contributed by atoms with Crippen molar-refractivity contribution < 1.29 is 27.1 Å². The van der Waals surface area contributed by atoms with Gasteiger partial charge in [-0.1, -0.05) is 6.07 Å². The standard InChI is InChI=1S/C23H22F3NO3/c1-5-29-20-12-21-19(14(3)15(4)30-21)11-18(20)13(2)9-22(28)27-17-8-6-7-16(10-17)23(24,25)26/h6-12H,5H2,1-4H3,(H,27,28)/b13-9+. The average Bonchev–Trinajstić information content (AvgIpc) is 2.94. The number of carbonyl (C=O) groups is 1. The summed E-state index contributed by atoms with van der Waals surface area (Å²) in [5.74, 6) is 0.836. The van der Waals surface area contributed by atoms with Crippen LogP contribution in [0.3, 0.4) is 0 Å². The Bertz CT molecular complexity index is 1130. The van der Waals surface area contributed by atoms with Gasteiger partial charge < -0.3 is 14.5 Å². The van der Waals surface area contributed by atoms with E-state index >= 15 is 0 Å². The van der Waals surface area contributed by atoms with Gasteiger partial charge >= 0.3 is 6.18 Å². The topological polar surface area (TPSA) is 51.5 Å². The summed E-state index contributed by atoms with van der Waals surface area (Å²) < 4.78 is 50.1. The molecule has 0 aliphatic carbocycles. The third-order valence-corrected chi connectivity index (χ3v) is 4.81. The molecule has 1 aromatic heterocycles. The molecule has 0 saturated carbocycles. The van der Waals surface area contributed by atoms with E-state index in [1.807, 2.05) is 26.8 Å². The third kappa shape index (κ3) is 4.50. The lowest BCUT2D eigenvalue weighted by Crippen LogP contribution is -2.11. The maximum absolute atomic E-state index is 12.9. The van der Waals surface area contributed by atoms with Crippen molar-refractivity contribution >= 4 is 28.1 Å². The second kappa shape index (κ2) is 8.26. The predicted octanol–water partition coefficient (Wildman–Crippen LogP) is 6.51. The number of ether oxygens (including phenoxy) is 1. The van der Waals surface area contributed by atoms with E-state index in [4.69, 9.17) is 9.15 Å². The molecule has 30 heavy (non-hydrogen) atoms. The number of allylic oxidation sites excluding steroid dienone is 1. The zero-order valence-electron chi connectivity index (χ0n) is 17.1. The first kappa shape index (κ1) is 21.5. The van der Waals surface area contributed by atoms with Gasteiger partial charge in [-0.3, -0.25) is 4.79 Å². The third-order valence-electron chi connectivity index (χ3n) is 4.81. The van der Waals surface area contributed by atoms with Crippen molar-refractivity contribution in [2.24, 2.45) is 0 Å².